The van der Waals surface area contributed by atoms with Crippen molar-refractivity contribution in [2.24, 2.45) is 5.92 Å². The average molecular weight is 705 g/mol. The Morgan fingerprint density at radius 3 is 2.57 bits per heavy atom. The smallest absolute Gasteiger partial charge is 0.264 e. The van der Waals surface area contributed by atoms with Crippen molar-refractivity contribution < 1.29 is 27.2 Å². The molecule has 2 aromatic carbocycles. The summed E-state index contributed by atoms with van der Waals surface area (Å²) in [6, 6.07) is 8.72. The van der Waals surface area contributed by atoms with Crippen LogP contribution in [0, 0.1) is 5.92 Å². The van der Waals surface area contributed by atoms with Crippen LogP contribution in [0.1, 0.15) is 91.4 Å². The van der Waals surface area contributed by atoms with Gasteiger partial charge in [-0.3, -0.25) is 4.79 Å². The minimum absolute atomic E-state index is 0.0828. The van der Waals surface area contributed by atoms with Gasteiger partial charge in [0.05, 0.1) is 43.8 Å². The molecule has 0 aliphatic heterocycles. The summed E-state index contributed by atoms with van der Waals surface area (Å²) >= 11 is 14.6. The summed E-state index contributed by atoms with van der Waals surface area (Å²) in [5, 5.41) is 5.90. The van der Waals surface area contributed by atoms with E-state index in [2.05, 4.69) is 9.88 Å². The first-order valence-electron chi connectivity index (χ1n) is 15.8. The number of amides is 1. The molecule has 4 aromatic rings. The second kappa shape index (κ2) is 12.7. The van der Waals surface area contributed by atoms with Crippen LogP contribution in [-0.4, -0.2) is 41.9 Å². The van der Waals surface area contributed by atoms with E-state index in [-0.39, 0.29) is 17.8 Å². The van der Waals surface area contributed by atoms with Gasteiger partial charge in [0.2, 0.25) is 10.0 Å². The maximum atomic E-state index is 12.9. The fourth-order valence-corrected chi connectivity index (χ4v) is 9.13. The van der Waals surface area contributed by atoms with Crippen LogP contribution in [-0.2, 0) is 27.8 Å². The number of nitrogens with zero attached hydrogens (tertiary/aromatic N) is 2. The first-order chi connectivity index (χ1) is 22.1. The highest BCUT2D eigenvalue weighted by molar-refractivity contribution is 7.91. The lowest BCUT2D eigenvalue weighted by atomic mass is 10.0. The van der Waals surface area contributed by atoms with Crippen LogP contribution in [0.25, 0.3) is 21.5 Å². The van der Waals surface area contributed by atoms with E-state index in [4.69, 9.17) is 42.2 Å². The Balaban J connectivity index is 1.04. The minimum atomic E-state index is -3.67. The molecule has 1 unspecified atom stereocenters. The van der Waals surface area contributed by atoms with Gasteiger partial charge in [-0.1, -0.05) is 34.4 Å². The van der Waals surface area contributed by atoms with Gasteiger partial charge >= 0.3 is 0 Å². The zero-order valence-electron chi connectivity index (χ0n) is 25.6. The zero-order valence-corrected chi connectivity index (χ0v) is 28.7. The van der Waals surface area contributed by atoms with Crippen molar-refractivity contribution in [2.45, 2.75) is 95.2 Å². The van der Waals surface area contributed by atoms with Crippen LogP contribution >= 0.6 is 34.5 Å². The molecule has 0 bridgehead atoms. The second-order valence-electron chi connectivity index (χ2n) is 12.8. The Kier molecular flexibility index (Phi) is 8.82. The topological polar surface area (TPSA) is 121 Å². The first-order valence-corrected chi connectivity index (χ1v) is 18.9. The molecule has 13 heteroatoms. The van der Waals surface area contributed by atoms with Crippen LogP contribution in [0.5, 0.6) is 5.75 Å². The molecule has 7 rings (SSSR count). The molecule has 46 heavy (non-hydrogen) atoms. The van der Waals surface area contributed by atoms with Crippen LogP contribution in [0.15, 0.2) is 34.9 Å². The monoisotopic (exact) mass is 703 g/mol. The normalized spacial score (nSPS) is 20.1. The Labute approximate surface area is 282 Å². The molecular weight excluding hydrogens is 669 g/mol. The van der Waals surface area contributed by atoms with Crippen molar-refractivity contribution in [1.29, 1.82) is 0 Å². The van der Waals surface area contributed by atoms with Gasteiger partial charge in [0.1, 0.15) is 22.7 Å². The summed E-state index contributed by atoms with van der Waals surface area (Å²) in [6.45, 7) is 4.19. The molecule has 2 atom stereocenters. The number of carbonyl (C=O) groups excluding carboxylic acids is 1. The van der Waals surface area contributed by atoms with Gasteiger partial charge in [0.25, 0.3) is 5.91 Å². The highest BCUT2D eigenvalue weighted by Crippen LogP contribution is 2.46. The number of halogens is 2. The Morgan fingerprint density at radius 1 is 1.11 bits per heavy atom. The lowest BCUT2D eigenvalue weighted by molar-refractivity contribution is 0.0424. The van der Waals surface area contributed by atoms with Crippen LogP contribution < -0.4 is 9.46 Å². The number of benzene rings is 2. The number of hydrogen-bond acceptors (Lipinski definition) is 9. The van der Waals surface area contributed by atoms with Gasteiger partial charge in [-0.05, 0) is 89.0 Å². The van der Waals surface area contributed by atoms with E-state index in [1.165, 1.54) is 11.3 Å². The predicted molar refractivity (Wildman–Crippen MR) is 178 cm³/mol. The van der Waals surface area contributed by atoms with E-state index in [0.717, 1.165) is 59.6 Å². The molecule has 3 fully saturated rings. The fraction of sp³-hybridized carbons (Fsp3) is 0.485. The van der Waals surface area contributed by atoms with Crippen molar-refractivity contribution >= 4 is 60.7 Å². The van der Waals surface area contributed by atoms with Crippen molar-refractivity contribution in [1.82, 2.24) is 14.9 Å². The first kappa shape index (κ1) is 31.9. The van der Waals surface area contributed by atoms with E-state index in [0.29, 0.717) is 63.9 Å². The number of nitrogens with one attached hydrogen (secondary N) is 1. The Bertz CT molecular complexity index is 1880. The number of rotatable bonds is 12. The lowest BCUT2D eigenvalue weighted by Crippen LogP contribution is -2.33. The molecule has 2 aromatic heterocycles. The minimum Gasteiger partial charge on any atom is -0.489 e. The average Bonchev–Trinajstić information content (AvgIpc) is 3.91. The van der Waals surface area contributed by atoms with Gasteiger partial charge in [-0.15, -0.1) is 11.3 Å². The maximum Gasteiger partial charge on any atom is 0.264 e. The molecule has 3 aliphatic carbocycles. The molecule has 9 nitrogen and oxygen atoms in total. The highest BCUT2D eigenvalue weighted by Gasteiger charge is 2.37. The molecule has 0 spiro atoms. The zero-order chi connectivity index (χ0) is 32.2. The molecule has 3 aliphatic rings. The number of thiazole rings is 1. The summed E-state index contributed by atoms with van der Waals surface area (Å²) in [5.74, 6) is 1.44. The number of fused-ring (bicyclic) bond motifs is 1. The summed E-state index contributed by atoms with van der Waals surface area (Å²) < 4.78 is 46.1. The SMILES string of the molecule is CC(C)Oc1cc(C(=O)NS(=O)(=O)C2CC2)cc2sc(C[C@@H]3CCC(OCc4c(-c5c(Cl)cccc5Cl)noc4C4CC4)C3)nc12. The lowest BCUT2D eigenvalue weighted by Gasteiger charge is -2.13. The van der Waals surface area contributed by atoms with Crippen molar-refractivity contribution in [3.63, 3.8) is 0 Å². The molecule has 0 radical (unpaired) electrons. The number of ether oxygens (including phenoxy) is 2. The van der Waals surface area contributed by atoms with Crippen molar-refractivity contribution in [2.75, 3.05) is 0 Å². The van der Waals surface area contributed by atoms with Crippen LogP contribution in [0.3, 0.4) is 0 Å². The van der Waals surface area contributed by atoms with Gasteiger partial charge < -0.3 is 14.0 Å². The number of sulfonamides is 1. The molecule has 0 saturated heterocycles. The van der Waals surface area contributed by atoms with Crippen LogP contribution in [0.4, 0.5) is 0 Å². The molecule has 244 valence electrons. The standard InChI is InChI=1S/C33H35Cl2N3O6S2/c1-17(2)43-26-14-20(33(39)38-46(40,41)22-10-11-22)15-27-31(26)36-28(45-27)13-18-6-9-21(12-18)42-16-23-30(37-44-32(23)19-7-8-19)29-24(34)4-3-5-25(29)35/h3-5,14-15,17-19,21-22H,6-13,16H2,1-2H3,(H,38,39)/t18-,21?/m1/s1. The number of hydrogen-bond donors (Lipinski definition) is 1. The number of aromatic nitrogens is 2. The third kappa shape index (κ3) is 6.80. The predicted octanol–water partition coefficient (Wildman–Crippen LogP) is 8.07. The summed E-state index contributed by atoms with van der Waals surface area (Å²) in [7, 11) is -3.67. The van der Waals surface area contributed by atoms with Gasteiger partial charge in [0.15, 0.2) is 0 Å². The fourth-order valence-electron chi connectivity index (χ4n) is 6.12. The van der Waals surface area contributed by atoms with E-state index in [9.17, 15) is 13.2 Å². The van der Waals surface area contributed by atoms with E-state index >= 15 is 0 Å². The summed E-state index contributed by atoms with van der Waals surface area (Å²) in [4.78, 5) is 17.9. The maximum absolute atomic E-state index is 12.9. The Hall–Kier alpha value is -2.70. The third-order valence-corrected chi connectivity index (χ3v) is 12.2. The molecule has 1 amide bonds. The molecule has 2 heterocycles. The van der Waals surface area contributed by atoms with Gasteiger partial charge in [-0.25, -0.2) is 18.1 Å². The van der Waals surface area contributed by atoms with Crippen LogP contribution in [0.2, 0.25) is 10.0 Å². The molecule has 1 N–H and O–H groups in total. The van der Waals surface area contributed by atoms with E-state index in [1.807, 2.05) is 19.9 Å². The van der Waals surface area contributed by atoms with Gasteiger partial charge in [-0.2, -0.15) is 0 Å². The van der Waals surface area contributed by atoms with Crippen molar-refractivity contribution in [3.8, 4) is 17.0 Å². The second-order valence-corrected chi connectivity index (χ2v) is 16.7. The Morgan fingerprint density at radius 2 is 1.87 bits per heavy atom. The number of carbonyl (C=O) groups is 1. The van der Waals surface area contributed by atoms with E-state index < -0.39 is 21.2 Å². The van der Waals surface area contributed by atoms with Crippen molar-refractivity contribution in [3.05, 3.63) is 62.3 Å². The largest absolute Gasteiger partial charge is 0.489 e. The van der Waals surface area contributed by atoms with E-state index in [1.54, 1.807) is 24.3 Å². The molecular formula is C33H35Cl2N3O6S2. The summed E-state index contributed by atoms with van der Waals surface area (Å²) in [5.41, 5.74) is 3.18. The van der Waals surface area contributed by atoms with Gasteiger partial charge in [0, 0.05) is 29.0 Å². The highest BCUT2D eigenvalue weighted by atomic mass is 35.5. The quantitative estimate of drug-likeness (QED) is 0.157. The summed E-state index contributed by atoms with van der Waals surface area (Å²) in [6.07, 6.45) is 6.85. The third-order valence-electron chi connectivity index (χ3n) is 8.71. The molecule has 3 saturated carbocycles.